The molecule has 1 unspecified atom stereocenters. The first kappa shape index (κ1) is 18.7. The fraction of sp³-hybridized carbons (Fsp3) is 0.200. The van der Waals surface area contributed by atoms with E-state index in [-0.39, 0.29) is 17.6 Å². The fourth-order valence-electron chi connectivity index (χ4n) is 4.60. The average molecular weight is 399 g/mol. The van der Waals surface area contributed by atoms with Crippen molar-refractivity contribution >= 4 is 12.0 Å². The third kappa shape index (κ3) is 3.12. The summed E-state index contributed by atoms with van der Waals surface area (Å²) in [5, 5.41) is 0. The van der Waals surface area contributed by atoms with Crippen molar-refractivity contribution in [1.29, 1.82) is 0 Å². The number of hydrogen-bond acceptors (Lipinski definition) is 3. The summed E-state index contributed by atoms with van der Waals surface area (Å²) in [5.41, 5.74) is 10.8. The number of aromatic nitrogens is 1. The lowest BCUT2D eigenvalue weighted by Gasteiger charge is -2.45. The molecule has 150 valence electrons. The van der Waals surface area contributed by atoms with Crippen LogP contribution in [0.3, 0.4) is 0 Å². The van der Waals surface area contributed by atoms with Gasteiger partial charge in [-0.3, -0.25) is 9.78 Å². The maximum Gasteiger partial charge on any atom is 0.224 e. The fourth-order valence-corrected chi connectivity index (χ4v) is 4.60. The van der Waals surface area contributed by atoms with Crippen molar-refractivity contribution in [2.24, 2.45) is 5.73 Å². The Morgan fingerprint density at radius 3 is 2.77 bits per heavy atom. The van der Waals surface area contributed by atoms with E-state index in [9.17, 15) is 9.18 Å². The van der Waals surface area contributed by atoms with Gasteiger partial charge in [-0.05, 0) is 47.4 Å². The normalized spacial score (nSPS) is 22.9. The Kier molecular flexibility index (Phi) is 4.48. The quantitative estimate of drug-likeness (QED) is 0.707. The number of nitrogens with two attached hydrogens (primary N) is 1. The molecule has 1 aromatic heterocycles. The van der Waals surface area contributed by atoms with Crippen LogP contribution in [0.4, 0.5) is 4.39 Å². The van der Waals surface area contributed by atoms with Crippen LogP contribution in [-0.2, 0) is 11.3 Å². The molecule has 4 nitrogen and oxygen atoms in total. The summed E-state index contributed by atoms with van der Waals surface area (Å²) in [6.45, 7) is 0.566. The zero-order valence-corrected chi connectivity index (χ0v) is 16.5. The van der Waals surface area contributed by atoms with Gasteiger partial charge in [-0.15, -0.1) is 0 Å². The maximum atomic E-state index is 13.5. The number of hydrogen-bond donors (Lipinski definition) is 1. The van der Waals surface area contributed by atoms with Gasteiger partial charge in [0.15, 0.2) is 0 Å². The van der Waals surface area contributed by atoms with Crippen LogP contribution in [0.25, 0.3) is 17.2 Å². The largest absolute Gasteiger partial charge is 0.319 e. The molecule has 1 saturated heterocycles. The molecule has 0 bridgehead atoms. The Hall–Kier alpha value is -3.31. The molecule has 0 radical (unpaired) electrons. The second kappa shape index (κ2) is 7.18. The van der Waals surface area contributed by atoms with Crippen LogP contribution in [-0.4, -0.2) is 21.5 Å². The highest BCUT2D eigenvalue weighted by molar-refractivity contribution is 5.81. The summed E-state index contributed by atoms with van der Waals surface area (Å²) in [6, 6.07) is 18.5. The predicted molar refractivity (Wildman–Crippen MR) is 115 cm³/mol. The third-order valence-corrected chi connectivity index (χ3v) is 6.20. The molecule has 0 aliphatic carbocycles. The molecule has 2 aromatic carbocycles. The number of amides is 1. The van der Waals surface area contributed by atoms with Crippen molar-refractivity contribution in [1.82, 2.24) is 9.88 Å². The highest BCUT2D eigenvalue weighted by Crippen LogP contribution is 2.45. The van der Waals surface area contributed by atoms with Crippen LogP contribution in [0, 0.1) is 5.82 Å². The molecule has 5 heteroatoms. The summed E-state index contributed by atoms with van der Waals surface area (Å²) in [6.07, 6.45) is 6.88. The van der Waals surface area contributed by atoms with Crippen LogP contribution in [0.1, 0.15) is 35.6 Å². The van der Waals surface area contributed by atoms with Gasteiger partial charge in [0.2, 0.25) is 5.91 Å². The Labute approximate surface area is 174 Å². The highest BCUT2D eigenvalue weighted by Gasteiger charge is 2.50. The SMILES string of the molecule is N[C@]12CCC(=O)N1Cc1ccccc1C2/C=C/c1ccc(-c2cccc(F)c2)cn1. The monoisotopic (exact) mass is 399 g/mol. The van der Waals surface area contributed by atoms with Crippen molar-refractivity contribution in [3.63, 3.8) is 0 Å². The minimum Gasteiger partial charge on any atom is -0.319 e. The van der Waals surface area contributed by atoms with Crippen LogP contribution < -0.4 is 5.73 Å². The molecular weight excluding hydrogens is 377 g/mol. The molecule has 0 saturated carbocycles. The molecule has 3 aromatic rings. The lowest BCUT2D eigenvalue weighted by molar-refractivity contribution is -0.132. The number of nitrogens with zero attached hydrogens (tertiary/aromatic N) is 2. The summed E-state index contributed by atoms with van der Waals surface area (Å²) < 4.78 is 13.5. The number of pyridine rings is 1. The topological polar surface area (TPSA) is 59.2 Å². The second-order valence-electron chi connectivity index (χ2n) is 7.99. The number of carbonyl (C=O) groups is 1. The minimum atomic E-state index is -0.705. The number of benzene rings is 2. The van der Waals surface area contributed by atoms with Gasteiger partial charge in [0, 0.05) is 30.6 Å². The van der Waals surface area contributed by atoms with E-state index in [0.717, 1.165) is 22.4 Å². The Balaban J connectivity index is 1.46. The Morgan fingerprint density at radius 2 is 1.97 bits per heavy atom. The lowest BCUT2D eigenvalue weighted by atomic mass is 9.78. The van der Waals surface area contributed by atoms with Gasteiger partial charge in [0.25, 0.3) is 0 Å². The second-order valence-corrected chi connectivity index (χ2v) is 7.99. The summed E-state index contributed by atoms with van der Waals surface area (Å²) in [5.74, 6) is -0.252. The maximum absolute atomic E-state index is 13.5. The Morgan fingerprint density at radius 1 is 1.10 bits per heavy atom. The summed E-state index contributed by atoms with van der Waals surface area (Å²) in [7, 11) is 0. The van der Waals surface area contributed by atoms with E-state index in [0.29, 0.717) is 19.4 Å². The zero-order valence-electron chi connectivity index (χ0n) is 16.5. The molecule has 2 aliphatic heterocycles. The van der Waals surface area contributed by atoms with E-state index in [1.54, 1.807) is 12.3 Å². The standard InChI is InChI=1S/C25H22FN3O/c26-20-6-3-5-17(14-20)18-8-9-21(28-15-18)10-11-23-22-7-2-1-4-19(22)16-29-24(30)12-13-25(23,29)27/h1-11,14-15,23H,12-13,16,27H2/b11-10+/t23?,25-/m1/s1. The van der Waals surface area contributed by atoms with E-state index in [2.05, 4.69) is 23.2 Å². The van der Waals surface area contributed by atoms with Gasteiger partial charge >= 0.3 is 0 Å². The smallest absolute Gasteiger partial charge is 0.224 e. The van der Waals surface area contributed by atoms with Crippen molar-refractivity contribution in [2.45, 2.75) is 31.0 Å². The molecule has 2 atom stereocenters. The first-order valence-corrected chi connectivity index (χ1v) is 10.1. The molecule has 1 fully saturated rings. The molecule has 0 spiro atoms. The number of rotatable bonds is 3. The van der Waals surface area contributed by atoms with Gasteiger partial charge in [-0.2, -0.15) is 0 Å². The van der Waals surface area contributed by atoms with Crippen molar-refractivity contribution < 1.29 is 9.18 Å². The molecule has 5 rings (SSSR count). The summed E-state index contributed by atoms with van der Waals surface area (Å²) >= 11 is 0. The zero-order chi connectivity index (χ0) is 20.7. The molecule has 1 amide bonds. The molecule has 2 aliphatic rings. The molecular formula is C25H22FN3O. The third-order valence-electron chi connectivity index (χ3n) is 6.20. The van der Waals surface area contributed by atoms with Crippen LogP contribution in [0.15, 0.2) is 72.9 Å². The molecule has 2 N–H and O–H groups in total. The van der Waals surface area contributed by atoms with E-state index in [4.69, 9.17) is 5.73 Å². The van der Waals surface area contributed by atoms with E-state index in [1.807, 2.05) is 41.3 Å². The van der Waals surface area contributed by atoms with E-state index < -0.39 is 5.66 Å². The number of halogens is 1. The number of carbonyl (C=O) groups excluding carboxylic acids is 1. The van der Waals surface area contributed by atoms with Gasteiger partial charge in [-0.25, -0.2) is 4.39 Å². The average Bonchev–Trinajstić information content (AvgIpc) is 3.06. The van der Waals surface area contributed by atoms with Crippen LogP contribution >= 0.6 is 0 Å². The van der Waals surface area contributed by atoms with Gasteiger partial charge in [-0.1, -0.05) is 48.5 Å². The van der Waals surface area contributed by atoms with Gasteiger partial charge in [0.1, 0.15) is 11.5 Å². The number of fused-ring (bicyclic) bond motifs is 2. The molecule has 3 heterocycles. The van der Waals surface area contributed by atoms with Crippen LogP contribution in [0.2, 0.25) is 0 Å². The summed E-state index contributed by atoms with van der Waals surface area (Å²) in [4.78, 5) is 18.8. The minimum absolute atomic E-state index is 0.0985. The van der Waals surface area contributed by atoms with Gasteiger partial charge < -0.3 is 10.6 Å². The first-order valence-electron chi connectivity index (χ1n) is 10.1. The van der Waals surface area contributed by atoms with E-state index in [1.165, 1.54) is 17.7 Å². The van der Waals surface area contributed by atoms with Crippen molar-refractivity contribution in [3.05, 3.63) is 95.6 Å². The van der Waals surface area contributed by atoms with Crippen molar-refractivity contribution in [2.75, 3.05) is 0 Å². The van der Waals surface area contributed by atoms with E-state index >= 15 is 0 Å². The predicted octanol–water partition coefficient (Wildman–Crippen LogP) is 4.48. The lowest BCUT2D eigenvalue weighted by Crippen LogP contribution is -2.58. The first-order chi connectivity index (χ1) is 14.5. The Bertz CT molecular complexity index is 1140. The van der Waals surface area contributed by atoms with Crippen molar-refractivity contribution in [3.8, 4) is 11.1 Å². The highest BCUT2D eigenvalue weighted by atomic mass is 19.1. The molecule has 30 heavy (non-hydrogen) atoms. The van der Waals surface area contributed by atoms with Crippen LogP contribution in [0.5, 0.6) is 0 Å². The van der Waals surface area contributed by atoms with Gasteiger partial charge in [0.05, 0.1) is 5.69 Å².